The summed E-state index contributed by atoms with van der Waals surface area (Å²) < 4.78 is 10.9. The highest BCUT2D eigenvalue weighted by molar-refractivity contribution is 6.24. The number of aliphatic hydroxyl groups is 3. The summed E-state index contributed by atoms with van der Waals surface area (Å²) in [5.74, 6) is -5.84. The third-order valence-electron chi connectivity index (χ3n) is 8.86. The first kappa shape index (κ1) is 29.9. The molecule has 0 radical (unpaired) electrons. The fourth-order valence-electron chi connectivity index (χ4n) is 6.97. The second-order valence-corrected chi connectivity index (χ2v) is 11.6. The van der Waals surface area contributed by atoms with Gasteiger partial charge in [0.1, 0.15) is 22.8 Å². The van der Waals surface area contributed by atoms with E-state index >= 15 is 0 Å². The van der Waals surface area contributed by atoms with Crippen LogP contribution in [0.2, 0.25) is 0 Å². The Morgan fingerprint density at radius 1 is 1.05 bits per heavy atom. The average Bonchev–Trinajstić information content (AvgIpc) is 3.38. The lowest BCUT2D eigenvalue weighted by molar-refractivity contribution is -0.153. The van der Waals surface area contributed by atoms with E-state index in [2.05, 4.69) is 0 Å². The number of benzene rings is 2. The van der Waals surface area contributed by atoms with E-state index in [4.69, 9.17) is 15.2 Å². The van der Waals surface area contributed by atoms with Crippen LogP contribution in [0.3, 0.4) is 0 Å². The van der Waals surface area contributed by atoms with Crippen LogP contribution < -0.4 is 20.1 Å². The van der Waals surface area contributed by atoms with Crippen molar-refractivity contribution in [2.75, 3.05) is 39.9 Å². The van der Waals surface area contributed by atoms with E-state index in [1.807, 2.05) is 19.0 Å². The molecule has 12 nitrogen and oxygen atoms in total. The Balaban J connectivity index is 0.00000368. The number of phenols is 1. The van der Waals surface area contributed by atoms with Crippen LogP contribution >= 0.6 is 0 Å². The number of ketones is 2. The molecule has 2 aromatic rings. The molecule has 1 heterocycles. The summed E-state index contributed by atoms with van der Waals surface area (Å²) in [6, 6.07) is 5.78. The van der Waals surface area contributed by atoms with Crippen LogP contribution in [0.4, 0.5) is 5.69 Å². The number of phenolic OH excluding ortho intramolecular Hbond substituents is 1. The number of ether oxygens (including phenoxy) is 2. The second kappa shape index (κ2) is 10.0. The molecule has 6 rings (SSSR count). The first-order valence-electron chi connectivity index (χ1n) is 13.4. The van der Waals surface area contributed by atoms with Gasteiger partial charge in [0.2, 0.25) is 12.6 Å². The first-order chi connectivity index (χ1) is 19.8. The zero-order chi connectivity index (χ0) is 30.4. The van der Waals surface area contributed by atoms with Crippen molar-refractivity contribution in [2.45, 2.75) is 31.9 Å². The normalized spacial score (nSPS) is 25.7. The van der Waals surface area contributed by atoms with Crippen molar-refractivity contribution in [1.82, 2.24) is 4.90 Å². The van der Waals surface area contributed by atoms with Crippen molar-refractivity contribution < 1.29 is 44.3 Å². The van der Waals surface area contributed by atoms with Crippen molar-refractivity contribution in [3.8, 4) is 28.4 Å². The van der Waals surface area contributed by atoms with Crippen molar-refractivity contribution in [2.24, 2.45) is 17.6 Å². The van der Waals surface area contributed by atoms with E-state index in [0.29, 0.717) is 33.9 Å². The molecule has 4 aliphatic rings. The van der Waals surface area contributed by atoms with E-state index in [1.165, 1.54) is 4.90 Å². The number of primary amides is 1. The minimum atomic E-state index is -2.69. The third-order valence-corrected chi connectivity index (χ3v) is 8.86. The van der Waals surface area contributed by atoms with E-state index in [1.54, 1.807) is 38.4 Å². The van der Waals surface area contributed by atoms with Crippen LogP contribution in [0.1, 0.15) is 25.0 Å². The number of anilines is 1. The van der Waals surface area contributed by atoms with Gasteiger partial charge in [-0.15, -0.1) is 0 Å². The molecule has 6 N–H and O–H groups in total. The van der Waals surface area contributed by atoms with Gasteiger partial charge in [0.05, 0.1) is 11.6 Å². The molecular formula is C31H35N3O9. The number of aromatic hydroxyl groups is 1. The average molecular weight is 594 g/mol. The summed E-state index contributed by atoms with van der Waals surface area (Å²) in [6.07, 6.45) is 0.209. The maximum Gasteiger partial charge on any atom is 0.255 e. The SMILES string of the molecule is C.CN(C)c1cc(-c2ccc3c(c2)OCO3)c(O)c2c1C[C@H]1C[C@H]3[C@H](N(C)C)C(=O)C(C(N)=O)=C(O)[C@@]3(O)C(=O)C1=C2O. The van der Waals surface area contributed by atoms with Gasteiger partial charge in [-0.25, -0.2) is 0 Å². The van der Waals surface area contributed by atoms with E-state index < -0.39 is 58.0 Å². The summed E-state index contributed by atoms with van der Waals surface area (Å²) in [7, 11) is 6.75. The summed E-state index contributed by atoms with van der Waals surface area (Å²) in [5, 5.41) is 46.1. The van der Waals surface area contributed by atoms with E-state index in [-0.39, 0.29) is 43.9 Å². The Bertz CT molecular complexity index is 1660. The summed E-state index contributed by atoms with van der Waals surface area (Å²) in [6.45, 7) is 0.0667. The zero-order valence-corrected chi connectivity index (χ0v) is 23.5. The summed E-state index contributed by atoms with van der Waals surface area (Å²) in [5.41, 5.74) is 3.85. The zero-order valence-electron chi connectivity index (χ0n) is 23.5. The number of amides is 1. The predicted octanol–water partition coefficient (Wildman–Crippen LogP) is 2.06. The molecule has 1 saturated carbocycles. The van der Waals surface area contributed by atoms with Gasteiger partial charge in [-0.3, -0.25) is 19.3 Å². The Kier molecular flexibility index (Phi) is 6.98. The summed E-state index contributed by atoms with van der Waals surface area (Å²) in [4.78, 5) is 42.9. The van der Waals surface area contributed by atoms with E-state index in [9.17, 15) is 34.8 Å². The standard InChI is InChI=1S/C30H31N3O9.CH4/c1-32(2)17-10-14(12-5-6-18-19(9-12)42-11-41-18)24(34)21-15(17)7-13-8-16-23(33(3)4)26(36)22(29(31)39)28(38)30(16,40)27(37)20(13)25(21)35;/h5-6,9-10,13,16,23,34-35,38,40H,7-8,11H2,1-4H3,(H2,31,39);1H4/t13-,16-,23-,30-;/m0./s1. The monoisotopic (exact) mass is 593 g/mol. The van der Waals surface area contributed by atoms with Gasteiger partial charge in [-0.1, -0.05) is 13.5 Å². The van der Waals surface area contributed by atoms with Crippen molar-refractivity contribution >= 4 is 28.9 Å². The first-order valence-corrected chi connectivity index (χ1v) is 13.4. The molecule has 0 aromatic heterocycles. The molecule has 0 saturated heterocycles. The minimum Gasteiger partial charge on any atom is -0.508 e. The number of nitrogens with zero attached hydrogens (tertiary/aromatic N) is 2. The fraction of sp³-hybridized carbons (Fsp3) is 0.387. The van der Waals surface area contributed by atoms with Crippen LogP contribution in [0, 0.1) is 11.8 Å². The Morgan fingerprint density at radius 2 is 1.72 bits per heavy atom. The Morgan fingerprint density at radius 3 is 2.35 bits per heavy atom. The lowest BCUT2D eigenvalue weighted by Gasteiger charge is -2.50. The van der Waals surface area contributed by atoms with Crippen LogP contribution in [-0.2, 0) is 20.8 Å². The largest absolute Gasteiger partial charge is 0.508 e. The van der Waals surface area contributed by atoms with Gasteiger partial charge >= 0.3 is 0 Å². The molecule has 228 valence electrons. The molecule has 4 atom stereocenters. The lowest BCUT2D eigenvalue weighted by Crippen LogP contribution is -2.65. The molecule has 12 heteroatoms. The smallest absolute Gasteiger partial charge is 0.255 e. The van der Waals surface area contributed by atoms with Crippen molar-refractivity contribution in [1.29, 1.82) is 0 Å². The number of aliphatic hydroxyl groups excluding tert-OH is 2. The number of nitrogens with two attached hydrogens (primary N) is 1. The number of likely N-dealkylation sites (N-methyl/N-ethyl adjacent to an activating group) is 1. The maximum absolute atomic E-state index is 14.1. The molecule has 1 fully saturated rings. The highest BCUT2D eigenvalue weighted by atomic mass is 16.7. The van der Waals surface area contributed by atoms with Crippen LogP contribution in [0.5, 0.6) is 17.2 Å². The highest BCUT2D eigenvalue weighted by Crippen LogP contribution is 2.55. The summed E-state index contributed by atoms with van der Waals surface area (Å²) >= 11 is 0. The van der Waals surface area contributed by atoms with Crippen molar-refractivity contribution in [3.05, 3.63) is 52.3 Å². The minimum absolute atomic E-state index is 0. The number of carbonyl (C=O) groups excluding carboxylic acids is 3. The Labute approximate surface area is 248 Å². The number of fused-ring (bicyclic) bond motifs is 4. The van der Waals surface area contributed by atoms with Gasteiger partial charge in [0.25, 0.3) is 5.91 Å². The number of rotatable bonds is 4. The molecule has 0 spiro atoms. The fourth-order valence-corrected chi connectivity index (χ4v) is 6.97. The highest BCUT2D eigenvalue weighted by Gasteiger charge is 2.64. The molecule has 1 aliphatic heterocycles. The van der Waals surface area contributed by atoms with Gasteiger partial charge in [-0.05, 0) is 62.2 Å². The van der Waals surface area contributed by atoms with Crippen molar-refractivity contribution in [3.63, 3.8) is 0 Å². The van der Waals surface area contributed by atoms with Gasteiger partial charge in [0.15, 0.2) is 22.9 Å². The molecule has 0 bridgehead atoms. The Hall–Kier alpha value is -4.55. The molecule has 43 heavy (non-hydrogen) atoms. The van der Waals surface area contributed by atoms with E-state index in [0.717, 1.165) is 0 Å². The predicted molar refractivity (Wildman–Crippen MR) is 157 cm³/mol. The van der Waals surface area contributed by atoms with Gasteiger partial charge < -0.3 is 40.5 Å². The molecule has 1 amide bonds. The molecule has 0 unspecified atom stereocenters. The van der Waals surface area contributed by atoms with Gasteiger partial charge in [0, 0.05) is 36.8 Å². The van der Waals surface area contributed by atoms with Crippen LogP contribution in [0.25, 0.3) is 16.9 Å². The lowest BCUT2D eigenvalue weighted by atomic mass is 9.57. The number of Topliss-reactive ketones (excluding diaryl/α,β-unsaturated/α-hetero) is 2. The van der Waals surface area contributed by atoms with Crippen LogP contribution in [0.15, 0.2) is 41.2 Å². The number of hydrogen-bond donors (Lipinski definition) is 5. The topological polar surface area (TPSA) is 183 Å². The third kappa shape index (κ3) is 4.00. The maximum atomic E-state index is 14.1. The number of hydrogen-bond acceptors (Lipinski definition) is 11. The molecule has 3 aliphatic carbocycles. The van der Waals surface area contributed by atoms with Gasteiger partial charge in [-0.2, -0.15) is 0 Å². The quantitative estimate of drug-likeness (QED) is 0.327. The second-order valence-electron chi connectivity index (χ2n) is 11.6. The molecular weight excluding hydrogens is 558 g/mol. The molecule has 2 aromatic carbocycles. The van der Waals surface area contributed by atoms with Crippen LogP contribution in [-0.4, -0.2) is 89.4 Å². The number of carbonyl (C=O) groups is 3.